The minimum atomic E-state index is -4.45. The molecular weight excluding hydrogens is 479 g/mol. The van der Waals surface area contributed by atoms with Gasteiger partial charge in [-0.25, -0.2) is 9.97 Å². The Morgan fingerprint density at radius 3 is 2.58 bits per heavy atom. The summed E-state index contributed by atoms with van der Waals surface area (Å²) in [4.78, 5) is 23.8. The average molecular weight is 505 g/mol. The van der Waals surface area contributed by atoms with Gasteiger partial charge in [-0.1, -0.05) is 0 Å². The lowest BCUT2D eigenvalue weighted by Crippen LogP contribution is -2.31. The van der Waals surface area contributed by atoms with Gasteiger partial charge >= 0.3 is 6.18 Å². The predicted molar refractivity (Wildman–Crippen MR) is 124 cm³/mol. The van der Waals surface area contributed by atoms with E-state index in [2.05, 4.69) is 10.1 Å². The number of amides is 1. The van der Waals surface area contributed by atoms with E-state index in [1.165, 1.54) is 24.4 Å². The zero-order valence-electron chi connectivity index (χ0n) is 20.5. The molecule has 0 fully saturated rings. The molecule has 1 amide bonds. The van der Waals surface area contributed by atoms with Crippen LogP contribution in [-0.4, -0.2) is 51.7 Å². The minimum absolute atomic E-state index is 0.179. The highest BCUT2D eigenvalue weighted by molar-refractivity contribution is 6.11. The maximum absolute atomic E-state index is 13.5. The van der Waals surface area contributed by atoms with Crippen LogP contribution >= 0.6 is 0 Å². The first-order valence-corrected chi connectivity index (χ1v) is 11.3. The number of carbonyl (C=O) groups is 1. The number of rotatable bonds is 8. The van der Waals surface area contributed by atoms with Gasteiger partial charge < -0.3 is 14.2 Å². The van der Waals surface area contributed by atoms with Crippen LogP contribution < -0.4 is 14.4 Å². The van der Waals surface area contributed by atoms with Crippen LogP contribution in [0.2, 0.25) is 0 Å². The highest BCUT2D eigenvalue weighted by Gasteiger charge is 2.43. The van der Waals surface area contributed by atoms with Gasteiger partial charge in [-0.2, -0.15) is 18.3 Å². The highest BCUT2D eigenvalue weighted by atomic mass is 19.4. The van der Waals surface area contributed by atoms with E-state index in [4.69, 9.17) is 19.2 Å². The van der Waals surface area contributed by atoms with Crippen LogP contribution in [-0.2, 0) is 11.3 Å². The van der Waals surface area contributed by atoms with Crippen LogP contribution in [0.15, 0.2) is 30.7 Å². The Kier molecular flexibility index (Phi) is 6.90. The molecule has 1 atom stereocenters. The third-order valence-corrected chi connectivity index (χ3v) is 5.40. The summed E-state index contributed by atoms with van der Waals surface area (Å²) in [6.45, 7) is 6.35. The molecule has 4 heterocycles. The summed E-state index contributed by atoms with van der Waals surface area (Å²) in [5, 5.41) is 3.78. The lowest BCUT2D eigenvalue weighted by Gasteiger charge is -2.25. The molecule has 36 heavy (non-hydrogen) atoms. The Hall–Kier alpha value is -3.67. The zero-order valence-corrected chi connectivity index (χ0v) is 20.5. The zero-order chi connectivity index (χ0) is 26.2. The Labute approximate surface area is 205 Å². The standard InChI is InChI=1S/C24H26F3N5O4/c1-6-35-21-18(34-5)8-15(9-28-21)17-7-14(4)19-20(30-17)23(36-13(2)3)32(22(19)33)16-10-29-31(11-16)12-24(25,26)27/h7-11,13,23H,6,12H2,1-5H3. The number of methoxy groups -OCH3 is 1. The first-order valence-electron chi connectivity index (χ1n) is 11.3. The van der Waals surface area contributed by atoms with Crippen LogP contribution in [0.1, 0.15) is 48.6 Å². The van der Waals surface area contributed by atoms with Crippen LogP contribution in [0, 0.1) is 6.92 Å². The molecule has 192 valence electrons. The van der Waals surface area contributed by atoms with Crippen LogP contribution in [0.5, 0.6) is 11.6 Å². The van der Waals surface area contributed by atoms with Crippen molar-refractivity contribution < 1.29 is 32.2 Å². The number of anilines is 1. The number of alkyl halides is 3. The lowest BCUT2D eigenvalue weighted by molar-refractivity contribution is -0.142. The molecule has 9 nitrogen and oxygen atoms in total. The molecule has 0 bridgehead atoms. The Bertz CT molecular complexity index is 1280. The van der Waals surface area contributed by atoms with E-state index in [-0.39, 0.29) is 11.8 Å². The molecule has 4 rings (SSSR count). The molecule has 0 N–H and O–H groups in total. The van der Waals surface area contributed by atoms with Gasteiger partial charge in [-0.15, -0.1) is 0 Å². The maximum atomic E-state index is 13.5. The van der Waals surface area contributed by atoms with Crippen molar-refractivity contribution >= 4 is 11.6 Å². The van der Waals surface area contributed by atoms with Gasteiger partial charge in [0.15, 0.2) is 12.0 Å². The Balaban J connectivity index is 1.77. The predicted octanol–water partition coefficient (Wildman–Crippen LogP) is 4.70. The normalized spacial score (nSPS) is 15.5. The molecule has 1 aliphatic rings. The lowest BCUT2D eigenvalue weighted by atomic mass is 10.0. The molecule has 1 aliphatic heterocycles. The number of aromatic nitrogens is 4. The fraction of sp³-hybridized carbons (Fsp3) is 0.417. The summed E-state index contributed by atoms with van der Waals surface area (Å²) in [5.74, 6) is 0.347. The fourth-order valence-electron chi connectivity index (χ4n) is 4.00. The number of ether oxygens (including phenoxy) is 3. The van der Waals surface area contributed by atoms with E-state index in [1.54, 1.807) is 39.1 Å². The molecular formula is C24H26F3N5O4. The van der Waals surface area contributed by atoms with Crippen molar-refractivity contribution in [2.45, 2.75) is 52.7 Å². The minimum Gasteiger partial charge on any atom is -0.491 e. The van der Waals surface area contributed by atoms with E-state index in [0.29, 0.717) is 46.3 Å². The summed E-state index contributed by atoms with van der Waals surface area (Å²) in [7, 11) is 1.51. The molecule has 0 saturated heterocycles. The number of pyridine rings is 2. The van der Waals surface area contributed by atoms with Crippen molar-refractivity contribution in [1.82, 2.24) is 19.7 Å². The molecule has 0 radical (unpaired) electrons. The number of hydrogen-bond acceptors (Lipinski definition) is 7. The summed E-state index contributed by atoms with van der Waals surface area (Å²) in [5.41, 5.74) is 2.67. The highest BCUT2D eigenvalue weighted by Crippen LogP contribution is 2.41. The molecule has 3 aromatic rings. The number of nitrogens with zero attached hydrogens (tertiary/aromatic N) is 5. The number of carbonyl (C=O) groups excluding carboxylic acids is 1. The summed E-state index contributed by atoms with van der Waals surface area (Å²) >= 11 is 0. The summed E-state index contributed by atoms with van der Waals surface area (Å²) in [6.07, 6.45) is -1.73. The Morgan fingerprint density at radius 1 is 1.19 bits per heavy atom. The van der Waals surface area contributed by atoms with E-state index < -0.39 is 24.9 Å². The number of fused-ring (bicyclic) bond motifs is 1. The van der Waals surface area contributed by atoms with E-state index in [9.17, 15) is 18.0 Å². The molecule has 1 unspecified atom stereocenters. The van der Waals surface area contributed by atoms with Gasteiger partial charge in [-0.3, -0.25) is 14.4 Å². The van der Waals surface area contributed by atoms with Gasteiger partial charge in [0.25, 0.3) is 11.8 Å². The summed E-state index contributed by atoms with van der Waals surface area (Å²) < 4.78 is 56.2. The van der Waals surface area contributed by atoms with Crippen molar-refractivity contribution in [2.75, 3.05) is 18.6 Å². The van der Waals surface area contributed by atoms with Gasteiger partial charge in [0.05, 0.1) is 43.0 Å². The number of halogens is 3. The van der Waals surface area contributed by atoms with Crippen molar-refractivity contribution in [3.05, 3.63) is 47.5 Å². The second-order valence-electron chi connectivity index (χ2n) is 8.47. The van der Waals surface area contributed by atoms with E-state index in [1.807, 2.05) is 6.92 Å². The van der Waals surface area contributed by atoms with Crippen molar-refractivity contribution in [1.29, 1.82) is 0 Å². The molecule has 0 spiro atoms. The second-order valence-corrected chi connectivity index (χ2v) is 8.47. The average Bonchev–Trinajstić information content (AvgIpc) is 3.34. The number of hydrogen-bond donors (Lipinski definition) is 0. The van der Waals surface area contributed by atoms with Crippen LogP contribution in [0.25, 0.3) is 11.3 Å². The van der Waals surface area contributed by atoms with E-state index >= 15 is 0 Å². The molecule has 0 aromatic carbocycles. The molecule has 3 aromatic heterocycles. The van der Waals surface area contributed by atoms with E-state index in [0.717, 1.165) is 4.68 Å². The van der Waals surface area contributed by atoms with Crippen molar-refractivity contribution in [3.8, 4) is 22.9 Å². The first kappa shape index (κ1) is 25.4. The fourth-order valence-corrected chi connectivity index (χ4v) is 4.00. The second kappa shape index (κ2) is 9.76. The van der Waals surface area contributed by atoms with Gasteiger partial charge in [0, 0.05) is 18.0 Å². The van der Waals surface area contributed by atoms with Gasteiger partial charge in [-0.05, 0) is 45.4 Å². The van der Waals surface area contributed by atoms with Gasteiger partial charge in [0.1, 0.15) is 12.2 Å². The van der Waals surface area contributed by atoms with Crippen LogP contribution in [0.3, 0.4) is 0 Å². The monoisotopic (exact) mass is 505 g/mol. The largest absolute Gasteiger partial charge is 0.491 e. The molecule has 0 aliphatic carbocycles. The third kappa shape index (κ3) is 4.99. The van der Waals surface area contributed by atoms with Crippen molar-refractivity contribution in [3.63, 3.8) is 0 Å². The maximum Gasteiger partial charge on any atom is 0.408 e. The number of aryl methyl sites for hydroxylation is 1. The first-order chi connectivity index (χ1) is 17.0. The van der Waals surface area contributed by atoms with Crippen molar-refractivity contribution in [2.24, 2.45) is 0 Å². The van der Waals surface area contributed by atoms with Crippen LogP contribution in [0.4, 0.5) is 18.9 Å². The Morgan fingerprint density at radius 2 is 1.94 bits per heavy atom. The third-order valence-electron chi connectivity index (χ3n) is 5.40. The topological polar surface area (TPSA) is 91.6 Å². The van der Waals surface area contributed by atoms with Gasteiger partial charge in [0.2, 0.25) is 0 Å². The SMILES string of the molecule is CCOc1ncc(-c2cc(C)c3c(n2)C(OC(C)C)N(c2cnn(CC(F)(F)F)c2)C3=O)cc1OC. The molecule has 0 saturated carbocycles. The molecule has 12 heteroatoms. The summed E-state index contributed by atoms with van der Waals surface area (Å²) in [6, 6.07) is 3.48. The quantitative estimate of drug-likeness (QED) is 0.438. The smallest absolute Gasteiger partial charge is 0.408 e.